The second kappa shape index (κ2) is 50.1. The predicted molar refractivity (Wildman–Crippen MR) is 413 cm³/mol. The van der Waals surface area contributed by atoms with Crippen LogP contribution in [0.5, 0.6) is 0 Å². The molecule has 0 saturated carbocycles. The molecule has 102 heavy (non-hydrogen) atoms. The monoisotopic (exact) mass is 1520 g/mol. The van der Waals surface area contributed by atoms with Crippen molar-refractivity contribution in [1.29, 1.82) is 0 Å². The van der Waals surface area contributed by atoms with Crippen molar-refractivity contribution in [2.24, 2.45) is 14.3 Å². The summed E-state index contributed by atoms with van der Waals surface area (Å²) < 4.78 is 131. The topological polar surface area (TPSA) is 249 Å². The van der Waals surface area contributed by atoms with Crippen LogP contribution in [0.1, 0.15) is 253 Å². The van der Waals surface area contributed by atoms with Crippen molar-refractivity contribution < 1.29 is 65.1 Å². The molecule has 6 aliphatic heterocycles. The Bertz CT molecular complexity index is 2570. The lowest BCUT2D eigenvalue weighted by Gasteiger charge is -2.39. The van der Waals surface area contributed by atoms with E-state index >= 15 is 13.7 Å². The van der Waals surface area contributed by atoms with Crippen LogP contribution in [0, 0.1) is 0 Å². The number of phosphoric ester groups is 1. The molecule has 6 fully saturated rings. The Labute approximate surface area is 618 Å². The van der Waals surface area contributed by atoms with Crippen molar-refractivity contribution in [3.8, 4) is 0 Å². The lowest BCUT2D eigenvalue weighted by molar-refractivity contribution is -0.0467. The molecule has 6 aliphatic rings. The summed E-state index contributed by atoms with van der Waals surface area (Å²) in [5.41, 5.74) is 0. The van der Waals surface area contributed by atoms with Gasteiger partial charge in [0.1, 0.15) is 0 Å². The second-order valence-corrected chi connectivity index (χ2v) is 37.1. The molecular weight excluding hydrogens is 1380 g/mol. The molecule has 30 heteroatoms. The molecule has 4 unspecified atom stereocenters. The third-order valence-electron chi connectivity index (χ3n) is 20.3. The Kier molecular flexibility index (Phi) is 43.8. The quantitative estimate of drug-likeness (QED) is 0.0424. The van der Waals surface area contributed by atoms with Crippen molar-refractivity contribution in [3.05, 3.63) is 0 Å². The molecule has 0 amide bonds. The summed E-state index contributed by atoms with van der Waals surface area (Å²) in [5, 5.41) is 9.15. The number of nitrogens with zero attached hydrogens (tertiary/aromatic N) is 12. The van der Waals surface area contributed by atoms with Crippen molar-refractivity contribution in [2.75, 3.05) is 172 Å². The molecule has 0 radical (unpaired) electrons. The highest BCUT2D eigenvalue weighted by atomic mass is 31.2. The highest BCUT2D eigenvalue weighted by molar-refractivity contribution is 7.56. The zero-order valence-electron chi connectivity index (χ0n) is 65.1. The number of unbranched alkanes of at least 4 members (excludes halogenated alkanes) is 30. The molecule has 6 rings (SSSR count). The number of guanidine groups is 3. The molecule has 0 spiro atoms. The van der Waals surface area contributed by atoms with E-state index in [4.69, 9.17) is 56.2 Å². The third kappa shape index (κ3) is 32.8. The summed E-state index contributed by atoms with van der Waals surface area (Å²) in [6, 6.07) is 0. The molecular formula is C72H144N12O14P4. The minimum Gasteiger partial charge on any atom is -0.396 e. The van der Waals surface area contributed by atoms with Crippen LogP contribution in [-0.2, 0) is 55.1 Å². The fourth-order valence-electron chi connectivity index (χ4n) is 14.1. The van der Waals surface area contributed by atoms with Crippen molar-refractivity contribution in [2.45, 2.75) is 277 Å². The SMILES string of the molecule is CCCCCCCCCCCCN1CCN(C)/C1=N/P(=O)(OC[C@@H]1CN(P(=O)(/N=C2/N(C)CCN2CCCCCCCCCCCC)OC(C)C)CCO1)N1CCO[C@H](COP(=O)(/N=C2\N(C)CCN2CCCCCCCCCCCC)N2CCO[C@H](COP(=O)(O)OCCCCCCO)C2)C1. The molecule has 596 valence electrons. The van der Waals surface area contributed by atoms with E-state index < -0.39 is 49.1 Å². The van der Waals surface area contributed by atoms with E-state index in [1.165, 1.54) is 148 Å². The van der Waals surface area contributed by atoms with E-state index in [0.717, 1.165) is 97.1 Å². The van der Waals surface area contributed by atoms with Gasteiger partial charge in [-0.25, -0.2) is 32.3 Å². The molecule has 2 N–H and O–H groups in total. The highest BCUT2D eigenvalue weighted by Gasteiger charge is 2.46. The number of aliphatic hydroxyl groups is 1. The number of hydrogen-bond donors (Lipinski definition) is 2. The van der Waals surface area contributed by atoms with Crippen molar-refractivity contribution in [1.82, 2.24) is 43.4 Å². The van der Waals surface area contributed by atoms with Gasteiger partial charge in [-0.15, -0.1) is 0 Å². The molecule has 0 bridgehead atoms. The molecule has 0 aromatic carbocycles. The normalized spacial score (nSPS) is 23.6. The number of aliphatic hydroxyl groups excluding tert-OH is 1. The van der Waals surface area contributed by atoms with Crippen molar-refractivity contribution in [3.63, 3.8) is 0 Å². The predicted octanol–water partition coefficient (Wildman–Crippen LogP) is 15.1. The number of morpholine rings is 3. The van der Waals surface area contributed by atoms with Gasteiger partial charge in [0.15, 0.2) is 0 Å². The maximum Gasteiger partial charge on any atom is 0.472 e. The number of likely N-dealkylation sites (N-methyl/N-ethyl adjacent to an activating group) is 3. The fraction of sp³-hybridized carbons (Fsp3) is 0.958. The zero-order valence-corrected chi connectivity index (χ0v) is 68.6. The van der Waals surface area contributed by atoms with Gasteiger partial charge < -0.3 is 53.6 Å². The smallest absolute Gasteiger partial charge is 0.396 e. The Morgan fingerprint density at radius 2 is 0.686 bits per heavy atom. The molecule has 26 nitrogen and oxygen atoms in total. The van der Waals surface area contributed by atoms with Crippen LogP contribution in [0.2, 0.25) is 0 Å². The van der Waals surface area contributed by atoms with Crippen molar-refractivity contribution >= 4 is 48.7 Å². The first-order valence-electron chi connectivity index (χ1n) is 40.6. The van der Waals surface area contributed by atoms with Crippen LogP contribution >= 0.6 is 30.8 Å². The second-order valence-electron chi connectivity index (χ2n) is 29.6. The Morgan fingerprint density at radius 3 is 1.02 bits per heavy atom. The molecule has 0 aromatic rings. The van der Waals surface area contributed by atoms with Gasteiger partial charge in [-0.05, 0) is 46.0 Å². The van der Waals surface area contributed by atoms with Gasteiger partial charge in [-0.2, -0.15) is 14.3 Å². The van der Waals surface area contributed by atoms with Crippen LogP contribution in [0.15, 0.2) is 14.3 Å². The first kappa shape index (κ1) is 89.1. The number of phosphoric acid groups is 1. The van der Waals surface area contributed by atoms with Crippen LogP contribution in [0.3, 0.4) is 0 Å². The van der Waals surface area contributed by atoms with Gasteiger partial charge in [0.05, 0.1) is 70.7 Å². The number of rotatable bonds is 57. The van der Waals surface area contributed by atoms with E-state index in [1.807, 2.05) is 39.9 Å². The molecule has 6 heterocycles. The van der Waals surface area contributed by atoms with Gasteiger partial charge in [0, 0.05) is 126 Å². The third-order valence-corrected chi connectivity index (χ3v) is 27.5. The van der Waals surface area contributed by atoms with E-state index in [-0.39, 0.29) is 91.7 Å². The summed E-state index contributed by atoms with van der Waals surface area (Å²) >= 11 is 0. The number of ether oxygens (including phenoxy) is 3. The van der Waals surface area contributed by atoms with E-state index in [1.54, 1.807) is 14.0 Å². The van der Waals surface area contributed by atoms with E-state index in [2.05, 4.69) is 45.3 Å². The first-order valence-corrected chi connectivity index (χ1v) is 46.7. The average molecular weight is 1530 g/mol. The maximum absolute atomic E-state index is 16.3. The van der Waals surface area contributed by atoms with Gasteiger partial charge in [-0.3, -0.25) is 22.6 Å². The molecule has 0 aliphatic carbocycles. The van der Waals surface area contributed by atoms with Gasteiger partial charge in [-0.1, -0.05) is 207 Å². The summed E-state index contributed by atoms with van der Waals surface area (Å²) in [5.74, 6) is 1.85. The minimum atomic E-state index is -4.46. The first-order chi connectivity index (χ1) is 49.3. The summed E-state index contributed by atoms with van der Waals surface area (Å²) in [6.45, 7) is 18.2. The average Bonchev–Trinajstić information content (AvgIpc) is 1.29. The zero-order chi connectivity index (χ0) is 73.3. The Morgan fingerprint density at radius 1 is 0.392 bits per heavy atom. The molecule has 7 atom stereocenters. The summed E-state index contributed by atoms with van der Waals surface area (Å²) in [6.07, 6.45) is 36.9. The maximum atomic E-state index is 16.3. The minimum absolute atomic E-state index is 0.0147. The summed E-state index contributed by atoms with van der Waals surface area (Å²) in [7, 11) is -10.8. The Hall–Kier alpha value is -1.79. The Balaban J connectivity index is 1.21. The molecule has 6 saturated heterocycles. The van der Waals surface area contributed by atoms with Crippen LogP contribution in [0.25, 0.3) is 0 Å². The lowest BCUT2D eigenvalue weighted by Crippen LogP contribution is -2.46. The van der Waals surface area contributed by atoms with Crippen LogP contribution < -0.4 is 0 Å². The number of hydrogen-bond acceptors (Lipinski definition) is 13. The van der Waals surface area contributed by atoms with Crippen LogP contribution in [0.4, 0.5) is 0 Å². The van der Waals surface area contributed by atoms with Gasteiger partial charge >= 0.3 is 30.8 Å². The fourth-order valence-corrected chi connectivity index (χ4v) is 20.8. The standard InChI is InChI=1S/C72H144N12O14P4/c1-9-12-15-18-21-24-27-30-33-38-43-79-49-46-76(6)70(79)73-99(86,96-64-68-62-84(54-59-92-68)101(88,98-66(4)5)75-72-78(8)48-51-81(72)45-40-35-32-29-26-23-20-17-14-11-3)82-52-57-91-67(60-82)63-95-100(87,74-71-77(7)47-50-80(71)44-39-34-31-28-25-22-19-16-13-10-2)83-53-58-93-69(61-83)65-97-102(89,90)94-56-42-37-36-41-55-85/h66-69,85H,9-65H2,1-8H3,(H,89,90)/b73-70-,74-71+,75-72-/t67-,68-,69-,99?,100?,101?/m0/s1. The highest BCUT2D eigenvalue weighted by Crippen LogP contribution is 2.58. The largest absolute Gasteiger partial charge is 0.472 e. The van der Waals surface area contributed by atoms with Gasteiger partial charge in [0.2, 0.25) is 17.9 Å². The van der Waals surface area contributed by atoms with E-state index in [0.29, 0.717) is 56.9 Å². The van der Waals surface area contributed by atoms with Gasteiger partial charge in [0.25, 0.3) is 0 Å². The van der Waals surface area contributed by atoms with E-state index in [9.17, 15) is 9.46 Å². The lowest BCUT2D eigenvalue weighted by atomic mass is 10.1. The molecule has 0 aromatic heterocycles. The summed E-state index contributed by atoms with van der Waals surface area (Å²) in [4.78, 5) is 23.5. The van der Waals surface area contributed by atoms with Crippen LogP contribution in [-0.4, -0.2) is 268 Å².